The molecule has 11 heteroatoms. The maximum Gasteiger partial charge on any atom is 0.318 e. The van der Waals surface area contributed by atoms with Crippen LogP contribution in [0.4, 0.5) is 10.5 Å². The minimum Gasteiger partial charge on any atom is -0.365 e. The van der Waals surface area contributed by atoms with Crippen LogP contribution in [-0.4, -0.2) is 58.5 Å². The van der Waals surface area contributed by atoms with Crippen molar-refractivity contribution in [3.63, 3.8) is 0 Å². The van der Waals surface area contributed by atoms with Crippen molar-refractivity contribution < 1.29 is 13.2 Å². The van der Waals surface area contributed by atoms with Crippen molar-refractivity contribution in [1.29, 1.82) is 0 Å². The maximum absolute atomic E-state index is 12.4. The van der Waals surface area contributed by atoms with Crippen LogP contribution in [0.3, 0.4) is 0 Å². The van der Waals surface area contributed by atoms with E-state index in [1.165, 1.54) is 5.56 Å². The Kier molecular flexibility index (Phi) is 7.30. The van der Waals surface area contributed by atoms with Gasteiger partial charge in [0, 0.05) is 24.8 Å². The summed E-state index contributed by atoms with van der Waals surface area (Å²) in [6.45, 7) is 2.84. The summed E-state index contributed by atoms with van der Waals surface area (Å²) in [4.78, 5) is 12.4. The Labute approximate surface area is 172 Å². The molecule has 162 valence electrons. The quantitative estimate of drug-likeness (QED) is 0.290. The fourth-order valence-corrected chi connectivity index (χ4v) is 4.08. The van der Waals surface area contributed by atoms with Crippen LogP contribution >= 0.6 is 0 Å². The number of amides is 2. The number of rotatable bonds is 7. The van der Waals surface area contributed by atoms with Crippen LogP contribution in [0.5, 0.6) is 0 Å². The number of urea groups is 1. The lowest BCUT2D eigenvalue weighted by Gasteiger charge is -2.37. The molecule has 0 spiro atoms. The standard InChI is InChI=1S/C18H31N7O3S/c1-12-11-16(19-9-10-20-29(2,27)28)23-17(21-12)25-18(26)24-15-8-7-13-5-3-4-6-14(13)22-15/h3-6,12,15-17,19-23H,7-11H2,1-2H3,(H2,24,25,26). The number of benzene rings is 1. The summed E-state index contributed by atoms with van der Waals surface area (Å²) in [6, 6.07) is 8.02. The summed E-state index contributed by atoms with van der Waals surface area (Å²) < 4.78 is 24.7. The molecule has 0 aromatic heterocycles. The number of hydrogen-bond donors (Lipinski definition) is 7. The van der Waals surface area contributed by atoms with Crippen LogP contribution in [0.2, 0.25) is 0 Å². The van der Waals surface area contributed by atoms with Gasteiger partial charge in [0.2, 0.25) is 10.0 Å². The Balaban J connectivity index is 1.42. The zero-order chi connectivity index (χ0) is 20.9. The fraction of sp³-hybridized carbons (Fsp3) is 0.611. The molecule has 4 unspecified atom stereocenters. The molecule has 29 heavy (non-hydrogen) atoms. The van der Waals surface area contributed by atoms with Gasteiger partial charge in [0.15, 0.2) is 0 Å². The highest BCUT2D eigenvalue weighted by Crippen LogP contribution is 2.23. The van der Waals surface area contributed by atoms with E-state index in [2.05, 4.69) is 42.7 Å². The van der Waals surface area contributed by atoms with E-state index in [9.17, 15) is 13.2 Å². The first-order chi connectivity index (χ1) is 13.8. The second-order valence-electron chi connectivity index (χ2n) is 7.59. The highest BCUT2D eigenvalue weighted by atomic mass is 32.2. The number of sulfonamides is 1. The smallest absolute Gasteiger partial charge is 0.318 e. The summed E-state index contributed by atoms with van der Waals surface area (Å²) in [5.41, 5.74) is 2.31. The molecular weight excluding hydrogens is 394 g/mol. The molecule has 1 aromatic rings. The lowest BCUT2D eigenvalue weighted by Crippen LogP contribution is -2.68. The molecule has 4 atom stereocenters. The largest absolute Gasteiger partial charge is 0.365 e. The van der Waals surface area contributed by atoms with Crippen molar-refractivity contribution in [2.24, 2.45) is 0 Å². The number of aryl methyl sites for hydroxylation is 1. The van der Waals surface area contributed by atoms with Crippen molar-refractivity contribution in [1.82, 2.24) is 31.3 Å². The van der Waals surface area contributed by atoms with Crippen molar-refractivity contribution in [2.45, 2.75) is 50.8 Å². The third-order valence-corrected chi connectivity index (χ3v) is 5.65. The number of anilines is 1. The first-order valence-electron chi connectivity index (χ1n) is 9.90. The third-order valence-electron chi connectivity index (χ3n) is 4.92. The average molecular weight is 426 g/mol. The van der Waals surface area contributed by atoms with E-state index in [-0.39, 0.29) is 24.4 Å². The Morgan fingerprint density at radius 2 is 1.93 bits per heavy atom. The zero-order valence-corrected chi connectivity index (χ0v) is 17.6. The van der Waals surface area contributed by atoms with Crippen molar-refractivity contribution in [3.8, 4) is 0 Å². The van der Waals surface area contributed by atoms with Crippen molar-refractivity contribution in [3.05, 3.63) is 29.8 Å². The molecule has 1 aromatic carbocycles. The molecule has 7 N–H and O–H groups in total. The van der Waals surface area contributed by atoms with Gasteiger partial charge >= 0.3 is 6.03 Å². The molecule has 1 saturated heterocycles. The third kappa shape index (κ3) is 7.12. The van der Waals surface area contributed by atoms with E-state index in [0.717, 1.165) is 31.2 Å². The fourth-order valence-electron chi connectivity index (χ4n) is 3.61. The van der Waals surface area contributed by atoms with Crippen LogP contribution in [0, 0.1) is 0 Å². The Morgan fingerprint density at radius 3 is 2.72 bits per heavy atom. The van der Waals surface area contributed by atoms with E-state index in [4.69, 9.17) is 0 Å². The normalized spacial score (nSPS) is 26.8. The molecule has 10 nitrogen and oxygen atoms in total. The van der Waals surface area contributed by atoms with Crippen molar-refractivity contribution in [2.75, 3.05) is 24.7 Å². The molecule has 0 aliphatic carbocycles. The number of hydrogen-bond acceptors (Lipinski definition) is 7. The molecule has 1 fully saturated rings. The predicted octanol–water partition coefficient (Wildman–Crippen LogP) is -0.610. The Hall–Kier alpha value is -1.92. The summed E-state index contributed by atoms with van der Waals surface area (Å²) >= 11 is 0. The van der Waals surface area contributed by atoms with Gasteiger partial charge in [0.05, 0.1) is 12.4 Å². The monoisotopic (exact) mass is 425 g/mol. The molecule has 0 radical (unpaired) electrons. The van der Waals surface area contributed by atoms with E-state index in [1.807, 2.05) is 25.1 Å². The Bertz CT molecular complexity index is 804. The first kappa shape index (κ1) is 21.8. The predicted molar refractivity (Wildman–Crippen MR) is 113 cm³/mol. The minimum absolute atomic E-state index is 0.0439. The van der Waals surface area contributed by atoms with Gasteiger partial charge in [-0.3, -0.25) is 10.6 Å². The van der Waals surface area contributed by atoms with Gasteiger partial charge in [-0.2, -0.15) is 0 Å². The summed E-state index contributed by atoms with van der Waals surface area (Å²) in [5, 5.41) is 19.0. The van der Waals surface area contributed by atoms with Crippen LogP contribution in [0.1, 0.15) is 25.3 Å². The van der Waals surface area contributed by atoms with E-state index in [1.54, 1.807) is 0 Å². The van der Waals surface area contributed by atoms with Gasteiger partial charge in [-0.15, -0.1) is 0 Å². The molecule has 0 bridgehead atoms. The zero-order valence-electron chi connectivity index (χ0n) is 16.8. The van der Waals surface area contributed by atoms with Crippen LogP contribution < -0.4 is 36.6 Å². The molecule has 2 heterocycles. The van der Waals surface area contributed by atoms with Gasteiger partial charge in [0.25, 0.3) is 0 Å². The number of nitrogens with one attached hydrogen (secondary N) is 7. The lowest BCUT2D eigenvalue weighted by molar-refractivity contribution is 0.187. The second-order valence-corrected chi connectivity index (χ2v) is 9.42. The summed E-state index contributed by atoms with van der Waals surface area (Å²) in [6.07, 6.45) is 3.12. The van der Waals surface area contributed by atoms with Gasteiger partial charge in [-0.25, -0.2) is 17.9 Å². The topological polar surface area (TPSA) is 135 Å². The average Bonchev–Trinajstić information content (AvgIpc) is 2.64. The summed E-state index contributed by atoms with van der Waals surface area (Å²) in [5.74, 6) is 0. The van der Waals surface area contributed by atoms with Crippen LogP contribution in [-0.2, 0) is 16.4 Å². The van der Waals surface area contributed by atoms with E-state index in [0.29, 0.717) is 13.1 Å². The number of carbonyl (C=O) groups excluding carboxylic acids is 1. The van der Waals surface area contributed by atoms with Gasteiger partial charge < -0.3 is 21.3 Å². The molecular formula is C18H31N7O3S. The van der Waals surface area contributed by atoms with E-state index < -0.39 is 16.3 Å². The Morgan fingerprint density at radius 1 is 1.14 bits per heavy atom. The maximum atomic E-state index is 12.4. The van der Waals surface area contributed by atoms with E-state index >= 15 is 0 Å². The first-order valence-corrected chi connectivity index (χ1v) is 11.8. The lowest BCUT2D eigenvalue weighted by atomic mass is 10.0. The highest BCUT2D eigenvalue weighted by Gasteiger charge is 2.26. The number of carbonyl (C=O) groups is 1. The van der Waals surface area contributed by atoms with Gasteiger partial charge in [-0.1, -0.05) is 18.2 Å². The number of para-hydroxylation sites is 1. The molecule has 2 aliphatic rings. The van der Waals surface area contributed by atoms with Crippen LogP contribution in [0.15, 0.2) is 24.3 Å². The van der Waals surface area contributed by atoms with Crippen molar-refractivity contribution >= 4 is 21.7 Å². The molecule has 2 aliphatic heterocycles. The molecule has 3 rings (SSSR count). The summed E-state index contributed by atoms with van der Waals surface area (Å²) in [7, 11) is -3.19. The number of fused-ring (bicyclic) bond motifs is 1. The van der Waals surface area contributed by atoms with Gasteiger partial charge in [-0.05, 0) is 37.8 Å². The second kappa shape index (κ2) is 9.72. The van der Waals surface area contributed by atoms with Gasteiger partial charge in [0.1, 0.15) is 12.5 Å². The van der Waals surface area contributed by atoms with Crippen LogP contribution in [0.25, 0.3) is 0 Å². The highest BCUT2D eigenvalue weighted by molar-refractivity contribution is 7.88. The molecule has 2 amide bonds. The molecule has 0 saturated carbocycles. The SMILES string of the molecule is CC1CC(NCCNS(C)(=O)=O)NC(NC(=O)NC2CCc3ccccc3N2)N1. The minimum atomic E-state index is -3.19.